The van der Waals surface area contributed by atoms with E-state index in [9.17, 15) is 4.79 Å². The summed E-state index contributed by atoms with van der Waals surface area (Å²) in [4.78, 5) is 15.6. The van der Waals surface area contributed by atoms with E-state index >= 15 is 0 Å². The number of aromatic nitrogens is 1. The molecule has 0 saturated heterocycles. The van der Waals surface area contributed by atoms with Gasteiger partial charge in [-0.25, -0.2) is 4.98 Å². The maximum absolute atomic E-state index is 11.5. The van der Waals surface area contributed by atoms with Crippen molar-refractivity contribution in [2.24, 2.45) is 0 Å². The Bertz CT molecular complexity index is 385. The Morgan fingerprint density at radius 1 is 1.42 bits per heavy atom. The van der Waals surface area contributed by atoms with E-state index in [0.717, 1.165) is 0 Å². The normalized spacial score (nSPS) is 10.0. The van der Waals surface area contributed by atoms with E-state index in [1.165, 1.54) is 0 Å². The third kappa shape index (κ3) is 6.05. The van der Waals surface area contributed by atoms with Gasteiger partial charge in [0.25, 0.3) is 0 Å². The molecule has 0 aliphatic rings. The summed E-state index contributed by atoms with van der Waals surface area (Å²) in [5, 5.41) is 5.85. The maximum atomic E-state index is 11.5. The van der Waals surface area contributed by atoms with Crippen LogP contribution < -0.4 is 15.4 Å². The molecule has 0 bridgehead atoms. The number of nitrogens with zero attached hydrogens (tertiary/aromatic N) is 1. The molecular formula is C13H21N3O3. The summed E-state index contributed by atoms with van der Waals surface area (Å²) in [7, 11) is 1.60. The van der Waals surface area contributed by atoms with Crippen molar-refractivity contribution in [2.45, 2.75) is 13.3 Å². The van der Waals surface area contributed by atoms with Crippen molar-refractivity contribution in [1.82, 2.24) is 10.3 Å². The second kappa shape index (κ2) is 9.16. The molecule has 0 aromatic carbocycles. The van der Waals surface area contributed by atoms with Crippen LogP contribution >= 0.6 is 0 Å². The number of methoxy groups -OCH3 is 1. The van der Waals surface area contributed by atoms with E-state index in [1.807, 2.05) is 19.1 Å². The molecule has 1 aromatic rings. The number of pyridine rings is 1. The maximum Gasteiger partial charge on any atom is 0.221 e. The highest BCUT2D eigenvalue weighted by molar-refractivity contribution is 5.76. The highest BCUT2D eigenvalue weighted by Gasteiger charge is 2.05. The van der Waals surface area contributed by atoms with E-state index in [0.29, 0.717) is 44.3 Å². The molecule has 0 fully saturated rings. The predicted molar refractivity (Wildman–Crippen MR) is 73.4 cm³/mol. The van der Waals surface area contributed by atoms with Gasteiger partial charge in [-0.3, -0.25) is 4.79 Å². The van der Waals surface area contributed by atoms with Crippen molar-refractivity contribution in [1.29, 1.82) is 0 Å². The molecule has 0 spiro atoms. The van der Waals surface area contributed by atoms with Gasteiger partial charge in [-0.15, -0.1) is 0 Å². The molecule has 0 saturated carbocycles. The number of hydrogen-bond donors (Lipinski definition) is 2. The fourth-order valence-electron chi connectivity index (χ4n) is 1.47. The van der Waals surface area contributed by atoms with Crippen molar-refractivity contribution >= 4 is 11.7 Å². The Hall–Kier alpha value is -1.82. The SMILES string of the molecule is CCOc1cccnc1NCCC(=O)NCCOC. The molecule has 2 N–H and O–H groups in total. The Morgan fingerprint density at radius 3 is 3.00 bits per heavy atom. The third-order valence-electron chi connectivity index (χ3n) is 2.34. The highest BCUT2D eigenvalue weighted by Crippen LogP contribution is 2.20. The smallest absolute Gasteiger partial charge is 0.221 e. The zero-order valence-corrected chi connectivity index (χ0v) is 11.4. The van der Waals surface area contributed by atoms with Gasteiger partial charge in [-0.1, -0.05) is 0 Å². The molecule has 1 heterocycles. The lowest BCUT2D eigenvalue weighted by atomic mass is 10.3. The second-order valence-corrected chi connectivity index (χ2v) is 3.80. The molecular weight excluding hydrogens is 246 g/mol. The summed E-state index contributed by atoms with van der Waals surface area (Å²) in [6, 6.07) is 3.66. The summed E-state index contributed by atoms with van der Waals surface area (Å²) in [5.41, 5.74) is 0. The van der Waals surface area contributed by atoms with Crippen molar-refractivity contribution in [2.75, 3.05) is 38.7 Å². The monoisotopic (exact) mass is 267 g/mol. The van der Waals surface area contributed by atoms with Crippen molar-refractivity contribution < 1.29 is 14.3 Å². The van der Waals surface area contributed by atoms with Gasteiger partial charge in [0, 0.05) is 32.8 Å². The number of carbonyl (C=O) groups excluding carboxylic acids is 1. The standard InChI is InChI=1S/C13H21N3O3/c1-3-19-11-5-4-7-15-13(11)16-8-6-12(17)14-9-10-18-2/h4-5,7H,3,6,8-10H2,1-2H3,(H,14,17)(H,15,16). The first-order chi connectivity index (χ1) is 9.27. The minimum Gasteiger partial charge on any atom is -0.490 e. The third-order valence-corrected chi connectivity index (χ3v) is 2.34. The van der Waals surface area contributed by atoms with Crippen LogP contribution in [0.2, 0.25) is 0 Å². The summed E-state index contributed by atoms with van der Waals surface area (Å²) in [6.45, 7) is 4.06. The largest absolute Gasteiger partial charge is 0.490 e. The first-order valence-corrected chi connectivity index (χ1v) is 6.35. The van der Waals surface area contributed by atoms with Gasteiger partial charge in [0.05, 0.1) is 13.2 Å². The van der Waals surface area contributed by atoms with Crippen LogP contribution in [0.1, 0.15) is 13.3 Å². The fraction of sp³-hybridized carbons (Fsp3) is 0.538. The van der Waals surface area contributed by atoms with Gasteiger partial charge in [-0.2, -0.15) is 0 Å². The van der Waals surface area contributed by atoms with E-state index in [2.05, 4.69) is 15.6 Å². The van der Waals surface area contributed by atoms with E-state index < -0.39 is 0 Å². The molecule has 1 amide bonds. The molecule has 0 unspecified atom stereocenters. The predicted octanol–water partition coefficient (Wildman–Crippen LogP) is 1.04. The molecule has 106 valence electrons. The van der Waals surface area contributed by atoms with Gasteiger partial charge < -0.3 is 20.1 Å². The molecule has 6 nitrogen and oxygen atoms in total. The number of nitrogens with one attached hydrogen (secondary N) is 2. The van der Waals surface area contributed by atoms with Gasteiger partial charge in [0.15, 0.2) is 11.6 Å². The second-order valence-electron chi connectivity index (χ2n) is 3.80. The topological polar surface area (TPSA) is 72.5 Å². The number of rotatable bonds is 9. The zero-order valence-electron chi connectivity index (χ0n) is 11.4. The molecule has 1 aromatic heterocycles. The van der Waals surface area contributed by atoms with Gasteiger partial charge in [-0.05, 0) is 19.1 Å². The lowest BCUT2D eigenvalue weighted by molar-refractivity contribution is -0.121. The van der Waals surface area contributed by atoms with Crippen LogP contribution in [0.4, 0.5) is 5.82 Å². The molecule has 1 rings (SSSR count). The zero-order chi connectivity index (χ0) is 13.9. The summed E-state index contributed by atoms with van der Waals surface area (Å²) in [5.74, 6) is 1.34. The fourth-order valence-corrected chi connectivity index (χ4v) is 1.47. The first-order valence-electron chi connectivity index (χ1n) is 6.35. The number of carbonyl (C=O) groups is 1. The average molecular weight is 267 g/mol. The minimum absolute atomic E-state index is 0.0153. The molecule has 6 heteroatoms. The molecule has 0 aliphatic heterocycles. The van der Waals surface area contributed by atoms with E-state index in [1.54, 1.807) is 13.3 Å². The van der Waals surface area contributed by atoms with Crippen LogP contribution in [0, 0.1) is 0 Å². The van der Waals surface area contributed by atoms with Gasteiger partial charge in [0.2, 0.25) is 5.91 Å². The summed E-state index contributed by atoms with van der Waals surface area (Å²) in [6.07, 6.45) is 2.06. The van der Waals surface area contributed by atoms with Crippen LogP contribution in [0.15, 0.2) is 18.3 Å². The van der Waals surface area contributed by atoms with Crippen molar-refractivity contribution in [3.05, 3.63) is 18.3 Å². The molecule has 0 aliphatic carbocycles. The Balaban J connectivity index is 2.30. The van der Waals surface area contributed by atoms with Gasteiger partial charge >= 0.3 is 0 Å². The lowest BCUT2D eigenvalue weighted by Gasteiger charge is -2.10. The lowest BCUT2D eigenvalue weighted by Crippen LogP contribution is -2.28. The number of amides is 1. The molecule has 19 heavy (non-hydrogen) atoms. The Kier molecular flexibility index (Phi) is 7.34. The summed E-state index contributed by atoms with van der Waals surface area (Å²) >= 11 is 0. The first kappa shape index (κ1) is 15.2. The Morgan fingerprint density at radius 2 is 2.26 bits per heavy atom. The van der Waals surface area contributed by atoms with Crippen LogP contribution in [0.25, 0.3) is 0 Å². The van der Waals surface area contributed by atoms with E-state index in [-0.39, 0.29) is 5.91 Å². The van der Waals surface area contributed by atoms with Crippen LogP contribution in [0.3, 0.4) is 0 Å². The van der Waals surface area contributed by atoms with Crippen LogP contribution in [-0.2, 0) is 9.53 Å². The minimum atomic E-state index is -0.0153. The average Bonchev–Trinajstić information content (AvgIpc) is 2.41. The van der Waals surface area contributed by atoms with Gasteiger partial charge in [0.1, 0.15) is 0 Å². The number of anilines is 1. The van der Waals surface area contributed by atoms with Crippen LogP contribution in [0.5, 0.6) is 5.75 Å². The van der Waals surface area contributed by atoms with Crippen molar-refractivity contribution in [3.63, 3.8) is 0 Å². The quantitative estimate of drug-likeness (QED) is 0.654. The number of hydrogen-bond acceptors (Lipinski definition) is 5. The van der Waals surface area contributed by atoms with Crippen LogP contribution in [-0.4, -0.2) is 44.3 Å². The van der Waals surface area contributed by atoms with E-state index in [4.69, 9.17) is 9.47 Å². The number of ether oxygens (including phenoxy) is 2. The van der Waals surface area contributed by atoms with Crippen molar-refractivity contribution in [3.8, 4) is 5.75 Å². The Labute approximate surface area is 113 Å². The highest BCUT2D eigenvalue weighted by atomic mass is 16.5. The molecule has 0 atom stereocenters. The summed E-state index contributed by atoms with van der Waals surface area (Å²) < 4.78 is 10.3. The molecule has 0 radical (unpaired) electrons.